The summed E-state index contributed by atoms with van der Waals surface area (Å²) in [6, 6.07) is 17.5. The summed E-state index contributed by atoms with van der Waals surface area (Å²) in [5.41, 5.74) is 5.09. The molecule has 1 unspecified atom stereocenters. The molecular formula is C40H53N5O8S. The van der Waals surface area contributed by atoms with Crippen molar-refractivity contribution >= 4 is 33.7 Å². The lowest BCUT2D eigenvalue weighted by molar-refractivity contribution is -0.0538. The molecule has 0 aliphatic rings. The fourth-order valence-corrected chi connectivity index (χ4v) is 5.96. The zero-order chi connectivity index (χ0) is 39.1. The summed E-state index contributed by atoms with van der Waals surface area (Å²) in [5.74, 6) is -0.349. The fraction of sp³-hybridized carbons (Fsp3) is 0.525. The molecule has 0 radical (unpaired) electrons. The first-order valence-electron chi connectivity index (χ1n) is 18.2. The number of carbonyl (C=O) groups excluding carboxylic acids is 1. The zero-order valence-corrected chi connectivity index (χ0v) is 33.1. The predicted molar refractivity (Wildman–Crippen MR) is 207 cm³/mol. The van der Waals surface area contributed by atoms with E-state index in [2.05, 4.69) is 40.3 Å². The summed E-state index contributed by atoms with van der Waals surface area (Å²) in [4.78, 5) is 14.8. The highest BCUT2D eigenvalue weighted by Gasteiger charge is 2.18. The topological polar surface area (TPSA) is 157 Å². The van der Waals surface area contributed by atoms with Gasteiger partial charge in [0.2, 0.25) is 0 Å². The molecule has 13 nitrogen and oxygen atoms in total. The minimum Gasteiger partial charge on any atom is -0.460 e. The number of hydrogen-bond acceptors (Lipinski definition) is 14. The first-order chi connectivity index (χ1) is 26.2. The minimum absolute atomic E-state index is 0.0713. The van der Waals surface area contributed by atoms with Crippen LogP contribution in [0.3, 0.4) is 0 Å². The molecule has 1 aromatic heterocycles. The molecule has 0 saturated heterocycles. The Morgan fingerprint density at radius 1 is 0.796 bits per heavy atom. The Hall–Kier alpha value is -4.25. The molecule has 2 aromatic carbocycles. The molecule has 0 spiro atoms. The number of likely N-dealkylation sites (N-methyl/N-ethyl adjacent to an activating group) is 1. The summed E-state index contributed by atoms with van der Waals surface area (Å²) < 4.78 is 39.7. The molecule has 0 N–H and O–H groups in total. The van der Waals surface area contributed by atoms with Crippen molar-refractivity contribution in [3.63, 3.8) is 0 Å². The summed E-state index contributed by atoms with van der Waals surface area (Å²) in [6.45, 7) is 17.4. The number of nitriles is 2. The largest absolute Gasteiger partial charge is 0.460 e. The van der Waals surface area contributed by atoms with Gasteiger partial charge in [-0.1, -0.05) is 18.2 Å². The lowest BCUT2D eigenvalue weighted by Gasteiger charge is -2.29. The maximum atomic E-state index is 12.1. The van der Waals surface area contributed by atoms with Crippen molar-refractivity contribution in [3.8, 4) is 12.1 Å². The lowest BCUT2D eigenvalue weighted by Crippen LogP contribution is -2.38. The molecule has 0 amide bonds. The van der Waals surface area contributed by atoms with Gasteiger partial charge in [-0.2, -0.15) is 10.5 Å². The van der Waals surface area contributed by atoms with Gasteiger partial charge in [0.15, 0.2) is 5.00 Å². The van der Waals surface area contributed by atoms with Gasteiger partial charge in [-0.15, -0.1) is 21.6 Å². The molecular weight excluding hydrogens is 711 g/mol. The van der Waals surface area contributed by atoms with Gasteiger partial charge in [-0.05, 0) is 82.5 Å². The molecule has 292 valence electrons. The minimum atomic E-state index is -0.349. The van der Waals surface area contributed by atoms with Crippen molar-refractivity contribution < 1.29 is 38.0 Å². The highest BCUT2D eigenvalue weighted by molar-refractivity contribution is 7.16. The fourth-order valence-electron chi connectivity index (χ4n) is 5.08. The Morgan fingerprint density at radius 3 is 2.00 bits per heavy atom. The number of esters is 1. The Kier molecular flexibility index (Phi) is 20.4. The predicted octanol–water partition coefficient (Wildman–Crippen LogP) is 7.39. The number of carbonyl (C=O) groups is 1. The van der Waals surface area contributed by atoms with Crippen LogP contribution in [0.4, 0.5) is 16.4 Å². The second kappa shape index (κ2) is 24.9. The molecule has 3 aromatic rings. The Morgan fingerprint density at radius 2 is 1.43 bits per heavy atom. The maximum absolute atomic E-state index is 12.1. The van der Waals surface area contributed by atoms with Gasteiger partial charge in [-0.3, -0.25) is 0 Å². The number of nitrogens with zero attached hydrogens (tertiary/aromatic N) is 5. The van der Waals surface area contributed by atoms with E-state index in [1.165, 1.54) is 11.3 Å². The maximum Gasteiger partial charge on any atom is 0.338 e. The van der Waals surface area contributed by atoms with Crippen molar-refractivity contribution in [2.45, 2.75) is 53.8 Å². The highest BCUT2D eigenvalue weighted by atomic mass is 32.1. The Balaban J connectivity index is 1.30. The average molecular weight is 764 g/mol. The van der Waals surface area contributed by atoms with Crippen LogP contribution in [-0.2, 0) is 33.2 Å². The first-order valence-corrected chi connectivity index (χ1v) is 19.0. The summed E-state index contributed by atoms with van der Waals surface area (Å²) >= 11 is 1.17. The molecule has 0 aliphatic heterocycles. The van der Waals surface area contributed by atoms with E-state index in [4.69, 9.17) is 33.2 Å². The van der Waals surface area contributed by atoms with Crippen LogP contribution in [0.2, 0.25) is 0 Å². The summed E-state index contributed by atoms with van der Waals surface area (Å²) in [7, 11) is 0. The van der Waals surface area contributed by atoms with Crippen molar-refractivity contribution in [3.05, 3.63) is 75.2 Å². The van der Waals surface area contributed by atoms with Crippen LogP contribution in [0.15, 0.2) is 52.7 Å². The van der Waals surface area contributed by atoms with E-state index in [-0.39, 0.29) is 24.8 Å². The van der Waals surface area contributed by atoms with Crippen molar-refractivity contribution in [1.29, 1.82) is 10.5 Å². The smallest absolute Gasteiger partial charge is 0.338 e. The molecule has 3 rings (SSSR count). The first kappa shape index (κ1) is 44.1. The number of anilines is 1. The van der Waals surface area contributed by atoms with Gasteiger partial charge >= 0.3 is 5.97 Å². The zero-order valence-electron chi connectivity index (χ0n) is 32.3. The van der Waals surface area contributed by atoms with E-state index in [9.17, 15) is 15.3 Å². The second-order valence-corrected chi connectivity index (χ2v) is 13.4. The van der Waals surface area contributed by atoms with Gasteiger partial charge in [0.1, 0.15) is 23.6 Å². The number of rotatable bonds is 26. The van der Waals surface area contributed by atoms with E-state index in [0.717, 1.165) is 23.4 Å². The Bertz CT molecular complexity index is 1700. The molecule has 0 aliphatic carbocycles. The quantitative estimate of drug-likeness (QED) is 0.0456. The van der Waals surface area contributed by atoms with Crippen LogP contribution in [0.1, 0.15) is 58.3 Å². The molecule has 0 fully saturated rings. The molecule has 0 saturated carbocycles. The van der Waals surface area contributed by atoms with Crippen LogP contribution in [-0.4, -0.2) is 104 Å². The molecule has 0 bridgehead atoms. The number of hydrogen-bond donors (Lipinski definition) is 0. The van der Waals surface area contributed by atoms with Crippen molar-refractivity contribution in [2.75, 3.05) is 90.7 Å². The normalized spacial score (nSPS) is 11.9. The van der Waals surface area contributed by atoms with Gasteiger partial charge in [0.05, 0.1) is 95.1 Å². The highest BCUT2D eigenvalue weighted by Crippen LogP contribution is 2.36. The number of aryl methyl sites for hydroxylation is 2. The SMILES string of the molecule is CCN(CC(COC(C)C)OCCOCCOCCOCCOCCOC(=O)c1ccccc1C)c1ccc(N=Nc2sc(C#N)c(C)c2C#N)c(C)c1. The third-order valence-electron chi connectivity index (χ3n) is 8.08. The molecule has 1 heterocycles. The standard InChI is InChI=1S/C40H53N5O8S/c1-7-45(33-12-13-37(31(5)24-33)43-44-39-36(25-41)32(6)38(26-42)54-39)27-34(28-53-29(2)3)51-22-20-49-18-16-47-14-15-48-17-19-50-21-23-52-40(46)35-11-9-8-10-30(35)4/h8-13,24,29,34H,7,14-23,27-28H2,1-6H3. The molecule has 1 atom stereocenters. The molecule has 54 heavy (non-hydrogen) atoms. The summed E-state index contributed by atoms with van der Waals surface area (Å²) in [5, 5.41) is 28.0. The van der Waals surface area contributed by atoms with Gasteiger partial charge in [0.25, 0.3) is 0 Å². The van der Waals surface area contributed by atoms with E-state index >= 15 is 0 Å². The van der Waals surface area contributed by atoms with Crippen molar-refractivity contribution in [2.24, 2.45) is 10.2 Å². The number of benzene rings is 2. The molecule has 14 heteroatoms. The van der Waals surface area contributed by atoms with Crippen molar-refractivity contribution in [1.82, 2.24) is 0 Å². The average Bonchev–Trinajstić information content (AvgIpc) is 3.48. The third kappa shape index (κ3) is 15.2. The van der Waals surface area contributed by atoms with Gasteiger partial charge in [-0.25, -0.2) is 4.79 Å². The van der Waals surface area contributed by atoms with Crippen LogP contribution >= 0.6 is 11.3 Å². The number of ether oxygens (including phenoxy) is 7. The summed E-state index contributed by atoms with van der Waals surface area (Å²) in [6.07, 6.45) is -0.107. The van der Waals surface area contributed by atoms with E-state index in [1.54, 1.807) is 13.0 Å². The third-order valence-corrected chi connectivity index (χ3v) is 9.16. The Labute approximate surface area is 323 Å². The van der Waals surface area contributed by atoms with E-state index < -0.39 is 0 Å². The van der Waals surface area contributed by atoms with Gasteiger partial charge in [0, 0.05) is 18.8 Å². The van der Waals surface area contributed by atoms with Gasteiger partial charge < -0.3 is 38.1 Å². The van der Waals surface area contributed by atoms with E-state index in [0.29, 0.717) is 105 Å². The van der Waals surface area contributed by atoms with Crippen LogP contribution in [0.25, 0.3) is 0 Å². The van der Waals surface area contributed by atoms with Crippen LogP contribution in [0.5, 0.6) is 0 Å². The van der Waals surface area contributed by atoms with Crippen LogP contribution in [0, 0.1) is 43.4 Å². The second-order valence-electron chi connectivity index (χ2n) is 12.4. The van der Waals surface area contributed by atoms with Crippen LogP contribution < -0.4 is 4.90 Å². The lowest BCUT2D eigenvalue weighted by atomic mass is 10.1. The number of azo groups is 1. The monoisotopic (exact) mass is 763 g/mol. The number of thiophene rings is 1. The van der Waals surface area contributed by atoms with E-state index in [1.807, 2.05) is 58.0 Å².